The number of amides is 1. The van der Waals surface area contributed by atoms with Gasteiger partial charge in [0, 0.05) is 50.3 Å². The second-order valence-corrected chi connectivity index (χ2v) is 7.11. The van der Waals surface area contributed by atoms with Gasteiger partial charge in [0.1, 0.15) is 11.5 Å². The normalized spacial score (nSPS) is 17.0. The molecule has 4 rings (SSSR count). The fourth-order valence-corrected chi connectivity index (χ4v) is 3.78. The molecule has 1 saturated heterocycles. The van der Waals surface area contributed by atoms with E-state index in [2.05, 4.69) is 28.6 Å². The van der Waals surface area contributed by atoms with Gasteiger partial charge >= 0.3 is 0 Å². The molecule has 1 atom stereocenters. The van der Waals surface area contributed by atoms with Crippen LogP contribution in [0.4, 0.5) is 0 Å². The molecule has 1 aromatic carbocycles. The number of carbonyl (C=O) groups is 1. The van der Waals surface area contributed by atoms with Crippen molar-refractivity contribution in [3.8, 4) is 11.4 Å². The van der Waals surface area contributed by atoms with Crippen LogP contribution in [0.5, 0.6) is 0 Å². The van der Waals surface area contributed by atoms with Gasteiger partial charge in [-0.15, -0.1) is 0 Å². The fourth-order valence-electron chi connectivity index (χ4n) is 3.78. The lowest BCUT2D eigenvalue weighted by Gasteiger charge is -2.18. The number of hydrogen-bond donors (Lipinski definition) is 0. The van der Waals surface area contributed by atoms with Crippen LogP contribution >= 0.6 is 0 Å². The number of carbonyl (C=O) groups excluding carboxylic acids is 1. The molecule has 26 heavy (non-hydrogen) atoms. The highest BCUT2D eigenvalue weighted by atomic mass is 16.2. The molecule has 0 radical (unpaired) electrons. The third-order valence-electron chi connectivity index (χ3n) is 5.26. The molecule has 1 amide bonds. The summed E-state index contributed by atoms with van der Waals surface area (Å²) in [5.74, 6) is 1.59. The molecular formula is C21H24N4O. The predicted molar refractivity (Wildman–Crippen MR) is 102 cm³/mol. The zero-order chi connectivity index (χ0) is 18.1. The number of aromatic nitrogens is 3. The van der Waals surface area contributed by atoms with E-state index in [1.165, 1.54) is 0 Å². The van der Waals surface area contributed by atoms with Crippen molar-refractivity contribution in [2.75, 3.05) is 13.1 Å². The highest BCUT2D eigenvalue weighted by Gasteiger charge is 2.29. The Morgan fingerprint density at radius 1 is 1.19 bits per heavy atom. The summed E-state index contributed by atoms with van der Waals surface area (Å²) >= 11 is 0. The van der Waals surface area contributed by atoms with Gasteiger partial charge in [0.2, 0.25) is 0 Å². The molecule has 3 heterocycles. The summed E-state index contributed by atoms with van der Waals surface area (Å²) in [6.07, 6.45) is 4.88. The van der Waals surface area contributed by atoms with Crippen molar-refractivity contribution in [3.05, 3.63) is 66.2 Å². The minimum absolute atomic E-state index is 0.130. The van der Waals surface area contributed by atoms with Crippen molar-refractivity contribution < 1.29 is 4.79 Å². The number of nitrogens with zero attached hydrogens (tertiary/aromatic N) is 4. The van der Waals surface area contributed by atoms with Crippen LogP contribution in [0.25, 0.3) is 11.4 Å². The summed E-state index contributed by atoms with van der Waals surface area (Å²) in [6, 6.07) is 14.1. The number of rotatable bonds is 4. The first-order chi connectivity index (χ1) is 12.6. The average molecular weight is 348 g/mol. The molecule has 0 saturated carbocycles. The van der Waals surface area contributed by atoms with Gasteiger partial charge in [-0.05, 0) is 31.4 Å². The van der Waals surface area contributed by atoms with E-state index in [4.69, 9.17) is 0 Å². The van der Waals surface area contributed by atoms with Crippen molar-refractivity contribution in [1.82, 2.24) is 19.0 Å². The monoisotopic (exact) mass is 348 g/mol. The van der Waals surface area contributed by atoms with Gasteiger partial charge < -0.3 is 14.0 Å². The standard InChI is InChI=1S/C21H24N4O/c1-16-13-22-20(18-7-4-3-5-8-18)25(16)15-17-10-12-24(14-17)21(26)19-9-6-11-23(19)2/h3-9,11,13,17H,10,12,14-15H2,1-2H3. The summed E-state index contributed by atoms with van der Waals surface area (Å²) < 4.78 is 4.18. The van der Waals surface area contributed by atoms with Crippen LogP contribution < -0.4 is 0 Å². The Hall–Kier alpha value is -2.82. The summed E-state index contributed by atoms with van der Waals surface area (Å²) in [7, 11) is 1.92. The van der Waals surface area contributed by atoms with Gasteiger partial charge in [-0.25, -0.2) is 4.98 Å². The zero-order valence-corrected chi connectivity index (χ0v) is 15.3. The van der Waals surface area contributed by atoms with Crippen molar-refractivity contribution in [2.45, 2.75) is 19.9 Å². The molecular weight excluding hydrogens is 324 g/mol. The van der Waals surface area contributed by atoms with Gasteiger partial charge in [-0.1, -0.05) is 30.3 Å². The van der Waals surface area contributed by atoms with E-state index in [0.717, 1.165) is 48.8 Å². The van der Waals surface area contributed by atoms with Gasteiger partial charge in [-0.2, -0.15) is 0 Å². The average Bonchev–Trinajstić information content (AvgIpc) is 3.37. The smallest absolute Gasteiger partial charge is 0.270 e. The quantitative estimate of drug-likeness (QED) is 0.726. The van der Waals surface area contributed by atoms with Gasteiger partial charge in [0.25, 0.3) is 5.91 Å². The molecule has 0 bridgehead atoms. The van der Waals surface area contributed by atoms with E-state index in [9.17, 15) is 4.79 Å². The zero-order valence-electron chi connectivity index (χ0n) is 15.3. The maximum absolute atomic E-state index is 12.7. The van der Waals surface area contributed by atoms with E-state index in [-0.39, 0.29) is 5.91 Å². The summed E-state index contributed by atoms with van der Waals surface area (Å²) in [5, 5.41) is 0. The Kier molecular flexibility index (Phi) is 4.37. The molecule has 5 heteroatoms. The van der Waals surface area contributed by atoms with Crippen LogP contribution in [-0.4, -0.2) is 38.0 Å². The predicted octanol–water partition coefficient (Wildman–Crippen LogP) is 3.36. The SMILES string of the molecule is Cc1cnc(-c2ccccc2)n1CC1CCN(C(=O)c2cccn2C)C1. The first-order valence-electron chi connectivity index (χ1n) is 9.11. The molecule has 1 aliphatic rings. The largest absolute Gasteiger partial charge is 0.347 e. The van der Waals surface area contributed by atoms with E-state index in [1.807, 2.05) is 59.2 Å². The molecule has 5 nitrogen and oxygen atoms in total. The Bertz CT molecular complexity index is 909. The van der Waals surface area contributed by atoms with Crippen LogP contribution in [0.2, 0.25) is 0 Å². The Labute approximate surface area is 153 Å². The highest BCUT2D eigenvalue weighted by Crippen LogP contribution is 2.25. The summed E-state index contributed by atoms with van der Waals surface area (Å²) in [5.41, 5.74) is 3.06. The first-order valence-corrected chi connectivity index (χ1v) is 9.11. The van der Waals surface area contributed by atoms with Crippen LogP contribution in [-0.2, 0) is 13.6 Å². The van der Waals surface area contributed by atoms with Crippen LogP contribution in [0.15, 0.2) is 54.9 Å². The minimum atomic E-state index is 0.130. The lowest BCUT2D eigenvalue weighted by molar-refractivity contribution is 0.0776. The van der Waals surface area contributed by atoms with Crippen LogP contribution in [0.1, 0.15) is 22.6 Å². The van der Waals surface area contributed by atoms with Crippen molar-refractivity contribution in [1.29, 1.82) is 0 Å². The number of imidazole rings is 1. The molecule has 0 aliphatic carbocycles. The van der Waals surface area contributed by atoms with Crippen LogP contribution in [0, 0.1) is 12.8 Å². The molecule has 2 aromatic heterocycles. The minimum Gasteiger partial charge on any atom is -0.347 e. The Balaban J connectivity index is 1.49. The van der Waals surface area contributed by atoms with Gasteiger partial charge in [0.05, 0.1) is 0 Å². The number of hydrogen-bond acceptors (Lipinski definition) is 2. The molecule has 1 unspecified atom stereocenters. The second-order valence-electron chi connectivity index (χ2n) is 7.11. The molecule has 3 aromatic rings. The van der Waals surface area contributed by atoms with Crippen molar-refractivity contribution in [2.24, 2.45) is 13.0 Å². The van der Waals surface area contributed by atoms with Crippen molar-refractivity contribution in [3.63, 3.8) is 0 Å². The third-order valence-corrected chi connectivity index (χ3v) is 5.26. The van der Waals surface area contributed by atoms with E-state index in [0.29, 0.717) is 5.92 Å². The number of benzene rings is 1. The Morgan fingerprint density at radius 2 is 2.00 bits per heavy atom. The summed E-state index contributed by atoms with van der Waals surface area (Å²) in [4.78, 5) is 19.3. The third kappa shape index (κ3) is 3.05. The summed E-state index contributed by atoms with van der Waals surface area (Å²) in [6.45, 7) is 4.62. The topological polar surface area (TPSA) is 43.1 Å². The van der Waals surface area contributed by atoms with E-state index in [1.54, 1.807) is 0 Å². The maximum Gasteiger partial charge on any atom is 0.270 e. The Morgan fingerprint density at radius 3 is 2.73 bits per heavy atom. The van der Waals surface area contributed by atoms with E-state index >= 15 is 0 Å². The second kappa shape index (κ2) is 6.83. The van der Waals surface area contributed by atoms with Gasteiger partial charge in [-0.3, -0.25) is 4.79 Å². The molecule has 0 N–H and O–H groups in total. The lowest BCUT2D eigenvalue weighted by Crippen LogP contribution is -2.30. The lowest BCUT2D eigenvalue weighted by atomic mass is 10.1. The van der Waals surface area contributed by atoms with Crippen LogP contribution in [0.3, 0.4) is 0 Å². The number of aryl methyl sites for hydroxylation is 2. The molecule has 0 spiro atoms. The fraction of sp³-hybridized carbons (Fsp3) is 0.333. The number of likely N-dealkylation sites (tertiary alicyclic amines) is 1. The molecule has 1 fully saturated rings. The molecule has 134 valence electrons. The highest BCUT2D eigenvalue weighted by molar-refractivity contribution is 5.92. The molecule has 1 aliphatic heterocycles. The maximum atomic E-state index is 12.7. The first kappa shape index (κ1) is 16.6. The van der Waals surface area contributed by atoms with Crippen molar-refractivity contribution >= 4 is 5.91 Å². The van der Waals surface area contributed by atoms with E-state index < -0.39 is 0 Å². The van der Waals surface area contributed by atoms with Gasteiger partial charge in [0.15, 0.2) is 0 Å².